The van der Waals surface area contributed by atoms with Crippen LogP contribution in [0.4, 0.5) is 5.82 Å². The predicted molar refractivity (Wildman–Crippen MR) is 106 cm³/mol. The number of nitrogens with zero attached hydrogens (tertiary/aromatic N) is 3. The summed E-state index contributed by atoms with van der Waals surface area (Å²) in [5.74, 6) is 1.22. The second-order valence-corrected chi connectivity index (χ2v) is 9.63. The monoisotopic (exact) mass is 522 g/mol. The Hall–Kier alpha value is -1.02. The molecule has 17 heteroatoms. The largest absolute Gasteiger partial charge is 1.00 e. The minimum absolute atomic E-state index is 0. The Bertz CT molecular complexity index is 941. The molecule has 2 unspecified atom stereocenters. The number of halogens is 1. The number of nitrogen functional groups attached to an aromatic ring is 1. The van der Waals surface area contributed by atoms with Gasteiger partial charge in [0, 0.05) is 26.1 Å². The molecule has 0 aliphatic rings. The summed E-state index contributed by atoms with van der Waals surface area (Å²) in [5, 5.41) is 17.4. The molecule has 2 atom stereocenters. The van der Waals surface area contributed by atoms with Gasteiger partial charge in [0.05, 0.1) is 10.4 Å². The Morgan fingerprint density at radius 1 is 1.29 bits per heavy atom. The predicted octanol–water partition coefficient (Wildman–Crippen LogP) is -2.84. The lowest BCUT2D eigenvalue weighted by Crippen LogP contribution is -3.00. The van der Waals surface area contributed by atoms with Gasteiger partial charge in [0.15, 0.2) is 18.5 Å². The number of phosphoric ester groups is 1. The maximum atomic E-state index is 10.5. The molecule has 13 nitrogen and oxygen atoms in total. The second kappa shape index (κ2) is 12.9. The van der Waals surface area contributed by atoms with E-state index in [-0.39, 0.29) is 19.0 Å². The van der Waals surface area contributed by atoms with Gasteiger partial charge in [0.25, 0.3) is 0 Å². The maximum Gasteiger partial charge on any atom is 0.483 e. The van der Waals surface area contributed by atoms with Gasteiger partial charge >= 0.3 is 15.6 Å². The molecule has 0 saturated carbocycles. The second-order valence-electron chi connectivity index (χ2n) is 5.91. The van der Waals surface area contributed by atoms with Crippen LogP contribution in [0.3, 0.4) is 0 Å². The average Bonchev–Trinajstić information content (AvgIpc) is 2.88. The Kier molecular flexibility index (Phi) is 12.5. The van der Waals surface area contributed by atoms with Crippen molar-refractivity contribution in [3.8, 4) is 0 Å². The summed E-state index contributed by atoms with van der Waals surface area (Å²) in [6.07, 6.45) is 0.809. The van der Waals surface area contributed by atoms with Crippen molar-refractivity contribution in [2.24, 2.45) is 0 Å². The first kappa shape index (κ1) is 30.0. The Morgan fingerprint density at radius 2 is 1.90 bits per heavy atom. The van der Waals surface area contributed by atoms with Crippen molar-refractivity contribution in [3.63, 3.8) is 0 Å². The number of anilines is 1. The highest BCUT2D eigenvalue weighted by molar-refractivity contribution is 7.60. The molecular weight excluding hydrogens is 498 g/mol. The van der Waals surface area contributed by atoms with Gasteiger partial charge in [-0.25, -0.2) is 19.1 Å². The van der Waals surface area contributed by atoms with Gasteiger partial charge in [-0.05, 0) is 13.8 Å². The summed E-state index contributed by atoms with van der Waals surface area (Å²) >= 11 is 1.65. The zero-order valence-corrected chi connectivity index (χ0v) is 20.2. The molecule has 0 spiro atoms. The highest BCUT2D eigenvalue weighted by atomic mass is 35.5. The third-order valence-electron chi connectivity index (χ3n) is 3.35. The van der Waals surface area contributed by atoms with Gasteiger partial charge in [-0.15, -0.1) is 0 Å². The molecule has 2 aromatic rings. The third-order valence-corrected chi connectivity index (χ3v) is 6.74. The Balaban J connectivity index is 0.000000612. The van der Waals surface area contributed by atoms with Crippen molar-refractivity contribution in [1.82, 2.24) is 9.97 Å². The van der Waals surface area contributed by atoms with E-state index in [0.29, 0.717) is 24.6 Å². The molecule has 0 bridgehead atoms. The van der Waals surface area contributed by atoms with Gasteiger partial charge in [0.2, 0.25) is 5.51 Å². The molecule has 7 N–H and O–H groups in total. The number of aryl methyl sites for hydroxylation is 1. The van der Waals surface area contributed by atoms with Crippen molar-refractivity contribution in [1.29, 1.82) is 0 Å². The van der Waals surface area contributed by atoms with E-state index >= 15 is 0 Å². The lowest BCUT2D eigenvalue weighted by Gasteiger charge is -2.13. The van der Waals surface area contributed by atoms with Crippen molar-refractivity contribution in [3.05, 3.63) is 33.7 Å². The first-order valence-electron chi connectivity index (χ1n) is 8.35. The van der Waals surface area contributed by atoms with Crippen molar-refractivity contribution >= 4 is 32.8 Å². The highest BCUT2D eigenvalue weighted by Crippen LogP contribution is 2.57. The average molecular weight is 523 g/mol. The summed E-state index contributed by atoms with van der Waals surface area (Å²) < 4.78 is 29.7. The Labute approximate surface area is 188 Å². The number of nitrogens with two attached hydrogens (primary N) is 1. The van der Waals surface area contributed by atoms with Crippen LogP contribution in [0.5, 0.6) is 0 Å². The van der Waals surface area contributed by atoms with Gasteiger partial charge in [-0.2, -0.15) is 8.88 Å². The van der Waals surface area contributed by atoms with E-state index in [1.165, 1.54) is 4.88 Å². The fraction of sp³-hybridized carbons (Fsp3) is 0.500. The molecule has 31 heavy (non-hydrogen) atoms. The van der Waals surface area contributed by atoms with Crippen LogP contribution in [0.25, 0.3) is 0 Å². The van der Waals surface area contributed by atoms with Crippen LogP contribution in [0, 0.1) is 13.8 Å². The number of aliphatic hydroxyl groups excluding tert-OH is 2. The number of hydrogen-bond donors (Lipinski definition) is 6. The summed E-state index contributed by atoms with van der Waals surface area (Å²) in [7, 11) is -9.98. The summed E-state index contributed by atoms with van der Waals surface area (Å²) in [4.78, 5) is 34.1. The van der Waals surface area contributed by atoms with E-state index < -0.39 is 21.9 Å². The van der Waals surface area contributed by atoms with E-state index in [1.54, 1.807) is 17.5 Å². The maximum absolute atomic E-state index is 10.5. The number of rotatable bonds is 8. The normalized spacial score (nSPS) is 14.1. The number of aromatic nitrogens is 3. The number of phosphoric acid groups is 2. The van der Waals surface area contributed by atoms with Crippen LogP contribution in [0.1, 0.15) is 28.9 Å². The summed E-state index contributed by atoms with van der Waals surface area (Å²) in [5.41, 5.74) is 10.0. The zero-order chi connectivity index (χ0) is 23.1. The van der Waals surface area contributed by atoms with Crippen LogP contribution >= 0.6 is 27.0 Å². The molecule has 0 aromatic carbocycles. The van der Waals surface area contributed by atoms with Gasteiger partial charge in [-0.1, -0.05) is 11.3 Å². The van der Waals surface area contributed by atoms with Gasteiger partial charge < -0.3 is 43.0 Å². The molecule has 2 heterocycles. The molecule has 0 fully saturated rings. The quantitative estimate of drug-likeness (QED) is 0.118. The lowest BCUT2D eigenvalue weighted by molar-refractivity contribution is -0.689. The molecule has 0 saturated heterocycles. The lowest BCUT2D eigenvalue weighted by atomic mass is 10.2. The first-order valence-corrected chi connectivity index (χ1v) is 12.3. The molecule has 0 aliphatic carbocycles. The van der Waals surface area contributed by atoms with Crippen molar-refractivity contribution in [2.75, 3.05) is 12.3 Å². The van der Waals surface area contributed by atoms with E-state index in [2.05, 4.69) is 23.4 Å². The van der Waals surface area contributed by atoms with Crippen molar-refractivity contribution < 1.29 is 59.8 Å². The van der Waals surface area contributed by atoms with Crippen LogP contribution in [-0.4, -0.2) is 47.8 Å². The molecule has 0 radical (unpaired) electrons. The number of aliphatic hydroxyl groups is 2. The van der Waals surface area contributed by atoms with E-state index in [4.69, 9.17) is 30.6 Å². The van der Waals surface area contributed by atoms with Gasteiger partial charge in [0.1, 0.15) is 11.6 Å². The SMILES string of the molecule is CC(O)OP(=O)(O)OP(=O)(O)O.Cc1ncc(C[n+]2csc(CCO)c2C)c(N)n1.[Cl-]. The van der Waals surface area contributed by atoms with Crippen LogP contribution < -0.4 is 22.7 Å². The zero-order valence-electron chi connectivity index (χ0n) is 16.8. The molecule has 2 aromatic heterocycles. The smallest absolute Gasteiger partial charge is 0.483 e. The van der Waals surface area contributed by atoms with Crippen molar-refractivity contribution in [2.45, 2.75) is 40.0 Å². The topological polar surface area (TPSA) is 209 Å². The molecular formula is C14H25ClN4O9P2S. The van der Waals surface area contributed by atoms with Gasteiger partial charge in [-0.3, -0.25) is 4.52 Å². The molecule has 178 valence electrons. The third kappa shape index (κ3) is 11.4. The Morgan fingerprint density at radius 3 is 2.39 bits per heavy atom. The number of hydrogen-bond acceptors (Lipinski definition) is 10. The molecule has 0 aliphatic heterocycles. The van der Waals surface area contributed by atoms with Crippen LogP contribution in [-0.2, 0) is 30.9 Å². The molecule has 2 rings (SSSR count). The minimum Gasteiger partial charge on any atom is -1.00 e. The van der Waals surface area contributed by atoms with E-state index in [9.17, 15) is 9.13 Å². The standard InChI is InChI=1S/C12H17N4OS.C2H8O8P2.ClH/c1-8-11(3-4-17)18-7-16(8)6-10-5-14-9(2)15-12(10)13;1-2(3)9-12(7,8)10-11(4,5)6;/h5,7,17H,3-4,6H2,1-2H3,(H2,13,14,15);2-3H,1H3,(H,7,8)(H2,4,5,6);1H/q+1;;/p-1. The fourth-order valence-electron chi connectivity index (χ4n) is 2.11. The fourth-order valence-corrected chi connectivity index (χ4v) is 4.71. The molecule has 0 amide bonds. The van der Waals surface area contributed by atoms with Crippen LogP contribution in [0.2, 0.25) is 0 Å². The van der Waals surface area contributed by atoms with Crippen LogP contribution in [0.15, 0.2) is 11.7 Å². The number of thiazole rings is 1. The first-order chi connectivity index (χ1) is 13.7. The summed E-state index contributed by atoms with van der Waals surface area (Å²) in [6, 6.07) is 0. The highest BCUT2D eigenvalue weighted by Gasteiger charge is 2.33. The van der Waals surface area contributed by atoms with E-state index in [1.807, 2.05) is 19.4 Å². The summed E-state index contributed by atoms with van der Waals surface area (Å²) in [6.45, 7) is 5.69. The minimum atomic E-state index is -5.09. The van der Waals surface area contributed by atoms with E-state index in [0.717, 1.165) is 18.2 Å².